The summed E-state index contributed by atoms with van der Waals surface area (Å²) >= 11 is 0. The number of benzene rings is 1. The molecule has 0 N–H and O–H groups in total. The van der Waals surface area contributed by atoms with E-state index in [1.54, 1.807) is 18.5 Å². The molecule has 1 aromatic carbocycles. The van der Waals surface area contributed by atoms with Crippen LogP contribution in [-0.2, 0) is 13.6 Å². The Balaban J connectivity index is 1.38. The largest absolute Gasteiger partial charge is 0.492 e. The van der Waals surface area contributed by atoms with Crippen LogP contribution in [0.15, 0.2) is 58.4 Å². The Morgan fingerprint density at radius 3 is 2.54 bits per heavy atom. The summed E-state index contributed by atoms with van der Waals surface area (Å²) in [6.45, 7) is 4.05. The van der Waals surface area contributed by atoms with Crippen molar-refractivity contribution >= 4 is 11.2 Å². The number of ether oxygens (including phenoxy) is 1. The van der Waals surface area contributed by atoms with Gasteiger partial charge in [-0.05, 0) is 61.8 Å². The number of pyridine rings is 1. The molecule has 1 aliphatic heterocycles. The van der Waals surface area contributed by atoms with Gasteiger partial charge in [-0.25, -0.2) is 9.78 Å². The fraction of sp³-hybridized carbons (Fsp3) is 0.360. The van der Waals surface area contributed by atoms with E-state index in [0.717, 1.165) is 35.5 Å². The monoisotopic (exact) mass is 473 g/mol. The zero-order valence-corrected chi connectivity index (χ0v) is 19.6. The van der Waals surface area contributed by atoms with Crippen molar-refractivity contribution in [2.24, 2.45) is 7.05 Å². The molecule has 5 rings (SSSR count). The SMILES string of the molecule is Cn1c(=O)c2nc(-c3ccc(OCCN4CCCCC4)cc3)nnc2n(Cc2cccnc2)c1=O. The number of hydrogen-bond acceptors (Lipinski definition) is 8. The summed E-state index contributed by atoms with van der Waals surface area (Å²) in [5.74, 6) is 1.07. The third-order valence-electron chi connectivity index (χ3n) is 6.25. The molecule has 0 unspecified atom stereocenters. The van der Waals surface area contributed by atoms with Gasteiger partial charge in [0.05, 0.1) is 6.54 Å². The number of likely N-dealkylation sites (tertiary alicyclic amines) is 1. The molecule has 10 nitrogen and oxygen atoms in total. The number of piperidine rings is 1. The summed E-state index contributed by atoms with van der Waals surface area (Å²) in [6, 6.07) is 11.0. The Morgan fingerprint density at radius 1 is 1.00 bits per heavy atom. The number of rotatable bonds is 7. The minimum atomic E-state index is -0.513. The van der Waals surface area contributed by atoms with Crippen molar-refractivity contribution in [3.8, 4) is 17.1 Å². The third-order valence-corrected chi connectivity index (χ3v) is 6.25. The van der Waals surface area contributed by atoms with Crippen molar-refractivity contribution in [3.63, 3.8) is 0 Å². The van der Waals surface area contributed by atoms with Crippen molar-refractivity contribution in [1.29, 1.82) is 0 Å². The van der Waals surface area contributed by atoms with Gasteiger partial charge in [-0.2, -0.15) is 0 Å². The molecule has 10 heteroatoms. The average Bonchev–Trinajstić information content (AvgIpc) is 2.91. The molecule has 0 bridgehead atoms. The molecule has 1 aliphatic rings. The third kappa shape index (κ3) is 4.97. The van der Waals surface area contributed by atoms with Gasteiger partial charge >= 0.3 is 5.69 Å². The Kier molecular flexibility index (Phi) is 6.62. The smallest absolute Gasteiger partial charge is 0.332 e. The fourth-order valence-corrected chi connectivity index (χ4v) is 4.28. The van der Waals surface area contributed by atoms with Gasteiger partial charge in [0.15, 0.2) is 17.0 Å². The lowest BCUT2D eigenvalue weighted by atomic mass is 10.1. The normalized spacial score (nSPS) is 14.3. The molecule has 35 heavy (non-hydrogen) atoms. The van der Waals surface area contributed by atoms with E-state index in [1.165, 1.54) is 30.9 Å². The first kappa shape index (κ1) is 22.9. The van der Waals surface area contributed by atoms with Crippen LogP contribution >= 0.6 is 0 Å². The highest BCUT2D eigenvalue weighted by Gasteiger charge is 2.16. The first-order chi connectivity index (χ1) is 17.1. The maximum Gasteiger partial charge on any atom is 0.332 e. The van der Waals surface area contributed by atoms with Crippen LogP contribution in [-0.4, -0.2) is 60.4 Å². The van der Waals surface area contributed by atoms with E-state index in [0.29, 0.717) is 18.0 Å². The van der Waals surface area contributed by atoms with E-state index >= 15 is 0 Å². The molecule has 0 aliphatic carbocycles. The molecule has 4 heterocycles. The highest BCUT2D eigenvalue weighted by Crippen LogP contribution is 2.20. The van der Waals surface area contributed by atoms with Crippen molar-refractivity contribution in [1.82, 2.24) is 34.2 Å². The lowest BCUT2D eigenvalue weighted by Crippen LogP contribution is -2.39. The molecule has 0 radical (unpaired) electrons. The van der Waals surface area contributed by atoms with Gasteiger partial charge in [-0.3, -0.25) is 23.8 Å². The van der Waals surface area contributed by atoms with Gasteiger partial charge in [0.2, 0.25) is 0 Å². The van der Waals surface area contributed by atoms with Crippen LogP contribution in [0.5, 0.6) is 5.75 Å². The van der Waals surface area contributed by atoms with Gasteiger partial charge in [0.1, 0.15) is 12.4 Å². The van der Waals surface area contributed by atoms with Gasteiger partial charge in [-0.1, -0.05) is 12.5 Å². The minimum absolute atomic E-state index is 0.0860. The van der Waals surface area contributed by atoms with Crippen LogP contribution in [0.4, 0.5) is 0 Å². The molecule has 0 saturated carbocycles. The molecule has 0 atom stereocenters. The topological polar surface area (TPSA) is 108 Å². The summed E-state index contributed by atoms with van der Waals surface area (Å²) in [5.41, 5.74) is 0.736. The Bertz CT molecular complexity index is 1430. The van der Waals surface area contributed by atoms with Gasteiger partial charge in [-0.15, -0.1) is 10.2 Å². The molecule has 0 amide bonds. The Hall–Kier alpha value is -3.92. The second kappa shape index (κ2) is 10.1. The zero-order valence-electron chi connectivity index (χ0n) is 19.6. The van der Waals surface area contributed by atoms with Crippen LogP contribution in [0, 0.1) is 0 Å². The Morgan fingerprint density at radius 2 is 1.80 bits per heavy atom. The number of fused-ring (bicyclic) bond motifs is 1. The predicted molar refractivity (Wildman–Crippen MR) is 131 cm³/mol. The number of nitrogens with zero attached hydrogens (tertiary/aromatic N) is 7. The summed E-state index contributed by atoms with van der Waals surface area (Å²) in [5, 5.41) is 8.43. The number of hydrogen-bond donors (Lipinski definition) is 0. The van der Waals surface area contributed by atoms with Gasteiger partial charge in [0.25, 0.3) is 5.56 Å². The van der Waals surface area contributed by atoms with Crippen LogP contribution in [0.2, 0.25) is 0 Å². The van der Waals surface area contributed by atoms with Crippen LogP contribution in [0.1, 0.15) is 24.8 Å². The molecule has 3 aromatic heterocycles. The van der Waals surface area contributed by atoms with Crippen molar-refractivity contribution < 1.29 is 4.74 Å². The Labute approximate surface area is 201 Å². The summed E-state index contributed by atoms with van der Waals surface area (Å²) in [6.07, 6.45) is 7.16. The van der Waals surface area contributed by atoms with Crippen molar-refractivity contribution in [2.45, 2.75) is 25.8 Å². The van der Waals surface area contributed by atoms with Crippen LogP contribution in [0.25, 0.3) is 22.6 Å². The minimum Gasteiger partial charge on any atom is -0.492 e. The van der Waals surface area contributed by atoms with Crippen molar-refractivity contribution in [2.75, 3.05) is 26.2 Å². The summed E-state index contributed by atoms with van der Waals surface area (Å²) in [4.78, 5) is 36.6. The van der Waals surface area contributed by atoms with Gasteiger partial charge in [0, 0.05) is 31.5 Å². The van der Waals surface area contributed by atoms with Crippen LogP contribution in [0.3, 0.4) is 0 Å². The van der Waals surface area contributed by atoms with E-state index in [4.69, 9.17) is 4.74 Å². The highest BCUT2D eigenvalue weighted by atomic mass is 16.5. The van der Waals surface area contributed by atoms with E-state index in [2.05, 4.69) is 25.1 Å². The second-order valence-electron chi connectivity index (χ2n) is 8.68. The lowest BCUT2D eigenvalue weighted by Gasteiger charge is -2.26. The van der Waals surface area contributed by atoms with E-state index in [-0.39, 0.29) is 17.7 Å². The fourth-order valence-electron chi connectivity index (χ4n) is 4.28. The highest BCUT2D eigenvalue weighted by molar-refractivity contribution is 5.71. The predicted octanol–water partition coefficient (Wildman–Crippen LogP) is 1.86. The van der Waals surface area contributed by atoms with E-state index in [9.17, 15) is 9.59 Å². The summed E-state index contributed by atoms with van der Waals surface area (Å²) < 4.78 is 8.32. The van der Waals surface area contributed by atoms with E-state index < -0.39 is 11.2 Å². The first-order valence-corrected chi connectivity index (χ1v) is 11.8. The average molecular weight is 474 g/mol. The summed E-state index contributed by atoms with van der Waals surface area (Å²) in [7, 11) is 1.43. The molecule has 180 valence electrons. The molecule has 1 fully saturated rings. The van der Waals surface area contributed by atoms with Crippen LogP contribution < -0.4 is 16.0 Å². The maximum absolute atomic E-state index is 12.8. The molecule has 1 saturated heterocycles. The standard InChI is InChI=1S/C25H27N7O3/c1-30-24(33)21-23(32(25(30)34)17-18-6-5-11-26-16-18)29-28-22(27-21)19-7-9-20(10-8-19)35-15-14-31-12-3-2-4-13-31/h5-11,16H,2-4,12-15,17H2,1H3. The first-order valence-electron chi connectivity index (χ1n) is 11.8. The number of aromatic nitrogens is 6. The quantitative estimate of drug-likeness (QED) is 0.400. The molecular weight excluding hydrogens is 446 g/mol. The molecule has 4 aromatic rings. The zero-order chi connectivity index (χ0) is 24.2. The second-order valence-corrected chi connectivity index (χ2v) is 8.68. The lowest BCUT2D eigenvalue weighted by molar-refractivity contribution is 0.183. The molecule has 0 spiro atoms. The van der Waals surface area contributed by atoms with E-state index in [1.807, 2.05) is 30.3 Å². The maximum atomic E-state index is 12.8. The van der Waals surface area contributed by atoms with Crippen molar-refractivity contribution in [3.05, 3.63) is 75.2 Å². The molecular formula is C25H27N7O3. The van der Waals surface area contributed by atoms with Gasteiger partial charge < -0.3 is 4.74 Å².